The van der Waals surface area contributed by atoms with Gasteiger partial charge in [-0.2, -0.15) is 57.1 Å². The molecule has 0 aliphatic heterocycles. The molecule has 1 aliphatic rings. The van der Waals surface area contributed by atoms with Crippen molar-refractivity contribution in [2.24, 2.45) is 0 Å². The average Bonchev–Trinajstić information content (AvgIpc) is 2.81. The number of quaternary nitrogens is 1. The molecule has 0 heterocycles. The van der Waals surface area contributed by atoms with Crippen LogP contribution in [0.2, 0.25) is 0 Å². The molecule has 1 fully saturated rings. The van der Waals surface area contributed by atoms with Crippen molar-refractivity contribution in [3.05, 3.63) is 0 Å². The van der Waals surface area contributed by atoms with E-state index in [0.717, 1.165) is 38.5 Å². The minimum Gasteiger partial charge on any atom is -1.00 e. The van der Waals surface area contributed by atoms with Gasteiger partial charge in [-0.15, -0.1) is 0 Å². The third-order valence-electron chi connectivity index (χ3n) is 7.05. The molecule has 0 aromatic rings. The van der Waals surface area contributed by atoms with E-state index in [0.29, 0.717) is 26.9 Å². The molecule has 0 saturated heterocycles. The van der Waals surface area contributed by atoms with Crippen LogP contribution in [0.4, 0.5) is 65.9 Å². The summed E-state index contributed by atoms with van der Waals surface area (Å²) in [6, 6.07) is 0. The van der Waals surface area contributed by atoms with Crippen LogP contribution in [0.1, 0.15) is 64.7 Å². The van der Waals surface area contributed by atoms with Gasteiger partial charge in [0.25, 0.3) is 5.67 Å². The van der Waals surface area contributed by atoms with Gasteiger partial charge < -0.3 is 22.2 Å². The quantitative estimate of drug-likeness (QED) is 0.122. The minimum absolute atomic E-state index is 0. The van der Waals surface area contributed by atoms with Crippen LogP contribution >= 0.6 is 0 Å². The first-order chi connectivity index (χ1) is 18.2. The molecule has 1 N–H and O–H groups in total. The second kappa shape index (κ2) is 13.0. The molecule has 19 heteroatoms. The molecule has 0 radical (unpaired) electrons. The number of nitrogens with zero attached hydrogens (tertiary/aromatic N) is 1. The Bertz CT molecular complexity index is 881. The van der Waals surface area contributed by atoms with Gasteiger partial charge in [-0.3, -0.25) is 4.79 Å². The van der Waals surface area contributed by atoms with Crippen LogP contribution in [-0.4, -0.2) is 84.8 Å². The molecule has 1 saturated carbocycles. The Kier molecular flexibility index (Phi) is 12.5. The number of hydrogen-bond acceptors (Lipinski definition) is 1. The van der Waals surface area contributed by atoms with Crippen LogP contribution < -0.4 is 17.7 Å². The first kappa shape index (κ1) is 40.7. The highest BCUT2D eigenvalue weighted by Crippen LogP contribution is 2.73. The molecule has 0 unspecified atom stereocenters. The smallest absolute Gasteiger partial charge is 0.457 e. The summed E-state index contributed by atoms with van der Waals surface area (Å²) in [5, 5.41) is 1.96. The van der Waals surface area contributed by atoms with Crippen molar-refractivity contribution < 1.29 is 87.5 Å². The third kappa shape index (κ3) is 6.39. The standard InChI is InChI=1S/C23H31F15N2O.ClH/c1-4-5-6-7-8-9-10-11-12-15(41)39-14-40(2,3)13-16(24)18(26,27)20(30,31)17(25,21(32,33)19(16,28)29)22(34,35)23(36,37)38;/h4-14H2,1-3H3;1H. The highest BCUT2D eigenvalue weighted by molar-refractivity contribution is 5.75. The molecular weight excluding hydrogens is 641 g/mol. The van der Waals surface area contributed by atoms with E-state index in [1.54, 1.807) is 0 Å². The van der Waals surface area contributed by atoms with Crippen molar-refractivity contribution in [3.63, 3.8) is 0 Å². The Balaban J connectivity index is 0.0000168. The van der Waals surface area contributed by atoms with Crippen molar-refractivity contribution in [2.45, 2.75) is 112 Å². The zero-order chi connectivity index (χ0) is 32.6. The van der Waals surface area contributed by atoms with E-state index < -0.39 is 70.7 Å². The highest BCUT2D eigenvalue weighted by atomic mass is 35.5. The predicted molar refractivity (Wildman–Crippen MR) is 116 cm³/mol. The number of halogens is 16. The molecule has 0 aromatic carbocycles. The summed E-state index contributed by atoms with van der Waals surface area (Å²) < 4.78 is 209. The monoisotopic (exact) mass is 672 g/mol. The van der Waals surface area contributed by atoms with Crippen molar-refractivity contribution in [1.82, 2.24) is 5.32 Å². The van der Waals surface area contributed by atoms with Crippen LogP contribution in [0.5, 0.6) is 0 Å². The van der Waals surface area contributed by atoms with Gasteiger partial charge in [-0.25, -0.2) is 8.78 Å². The largest absolute Gasteiger partial charge is 1.00 e. The second-order valence-corrected chi connectivity index (χ2v) is 10.9. The topological polar surface area (TPSA) is 29.1 Å². The van der Waals surface area contributed by atoms with E-state index in [2.05, 4.69) is 0 Å². The third-order valence-corrected chi connectivity index (χ3v) is 7.05. The van der Waals surface area contributed by atoms with Gasteiger partial charge in [-0.05, 0) is 6.42 Å². The molecule has 1 aliphatic carbocycles. The van der Waals surface area contributed by atoms with Gasteiger partial charge in [-0.1, -0.05) is 51.9 Å². The Hall–Kier alpha value is -1.33. The number of alkyl halides is 15. The molecule has 42 heavy (non-hydrogen) atoms. The summed E-state index contributed by atoms with van der Waals surface area (Å²) in [5.41, 5.74) is -14.9. The first-order valence-electron chi connectivity index (χ1n) is 12.6. The van der Waals surface area contributed by atoms with Crippen molar-refractivity contribution in [2.75, 3.05) is 27.3 Å². The molecular formula is C23H32ClF15N2O. The van der Waals surface area contributed by atoms with E-state index in [9.17, 15) is 66.3 Å². The van der Waals surface area contributed by atoms with Crippen molar-refractivity contribution in [1.29, 1.82) is 0 Å². The fourth-order valence-electron chi connectivity index (χ4n) is 4.57. The molecule has 0 atom stereocenters. The summed E-state index contributed by atoms with van der Waals surface area (Å²) >= 11 is 0. The highest BCUT2D eigenvalue weighted by Gasteiger charge is 3.06. The summed E-state index contributed by atoms with van der Waals surface area (Å²) in [4.78, 5) is 12.0. The SMILES string of the molecule is CCCCCCCCCCC(=O)NC[N+](C)(C)CC1(F)C(F)(F)C(F)(F)C(F)(C(F)(F)C(F)(F)F)C(F)(F)C1(F)F.[Cl-]. The normalized spacial score (nSPS) is 26.8. The van der Waals surface area contributed by atoms with Crippen LogP contribution in [-0.2, 0) is 4.79 Å². The fourth-order valence-corrected chi connectivity index (χ4v) is 4.57. The molecule has 252 valence electrons. The summed E-state index contributed by atoms with van der Waals surface area (Å²) in [6.45, 7) is -1.91. The van der Waals surface area contributed by atoms with E-state index in [4.69, 9.17) is 0 Å². The predicted octanol–water partition coefficient (Wildman–Crippen LogP) is 4.84. The number of nitrogens with one attached hydrogen (secondary N) is 1. The van der Waals surface area contributed by atoms with Crippen LogP contribution in [0.15, 0.2) is 0 Å². The van der Waals surface area contributed by atoms with E-state index >= 15 is 4.39 Å². The first-order valence-corrected chi connectivity index (χ1v) is 12.6. The minimum atomic E-state index is -8.31. The van der Waals surface area contributed by atoms with E-state index in [1.807, 2.05) is 12.2 Å². The van der Waals surface area contributed by atoms with Gasteiger partial charge in [0.05, 0.1) is 14.1 Å². The number of hydrogen-bond donors (Lipinski definition) is 1. The van der Waals surface area contributed by atoms with Crippen LogP contribution in [0.3, 0.4) is 0 Å². The molecule has 1 rings (SSSR count). The fraction of sp³-hybridized carbons (Fsp3) is 0.957. The van der Waals surface area contributed by atoms with Crippen molar-refractivity contribution >= 4 is 5.91 Å². The zero-order valence-corrected chi connectivity index (χ0v) is 23.4. The Morgan fingerprint density at radius 1 is 0.667 bits per heavy atom. The van der Waals surface area contributed by atoms with Gasteiger partial charge in [0.15, 0.2) is 6.67 Å². The second-order valence-electron chi connectivity index (χ2n) is 10.9. The molecule has 1 amide bonds. The van der Waals surface area contributed by atoms with Gasteiger partial charge in [0.1, 0.15) is 6.54 Å². The Morgan fingerprint density at radius 3 is 1.43 bits per heavy atom. The molecule has 0 bridgehead atoms. The van der Waals surface area contributed by atoms with Crippen molar-refractivity contribution in [3.8, 4) is 0 Å². The van der Waals surface area contributed by atoms with Gasteiger partial charge in [0, 0.05) is 6.42 Å². The maximum Gasteiger partial charge on any atom is 0.457 e. The lowest BCUT2D eigenvalue weighted by Gasteiger charge is -2.57. The van der Waals surface area contributed by atoms with Gasteiger partial charge >= 0.3 is 41.5 Å². The summed E-state index contributed by atoms with van der Waals surface area (Å²) in [7, 11) is 1.00. The van der Waals surface area contributed by atoms with E-state index in [-0.39, 0.29) is 18.8 Å². The molecule has 0 aromatic heterocycles. The number of unbranched alkanes of at least 4 members (excludes halogenated alkanes) is 7. The maximum absolute atomic E-state index is 15.3. The summed E-state index contributed by atoms with van der Waals surface area (Å²) in [6.07, 6.45) is -1.46. The molecule has 3 nitrogen and oxygen atoms in total. The van der Waals surface area contributed by atoms with Gasteiger partial charge in [0.2, 0.25) is 5.91 Å². The lowest BCUT2D eigenvalue weighted by atomic mass is 9.64. The lowest BCUT2D eigenvalue weighted by Crippen LogP contribution is -3.00. The number of carbonyl (C=O) groups is 1. The number of amides is 1. The number of carbonyl (C=O) groups excluding carboxylic acids is 1. The average molecular weight is 673 g/mol. The maximum atomic E-state index is 15.3. The van der Waals surface area contributed by atoms with Crippen LogP contribution in [0.25, 0.3) is 0 Å². The lowest BCUT2D eigenvalue weighted by molar-refractivity contribution is -0.901. The molecule has 0 spiro atoms. The number of rotatable bonds is 14. The van der Waals surface area contributed by atoms with E-state index in [1.165, 1.54) is 0 Å². The Morgan fingerprint density at radius 2 is 1.05 bits per heavy atom. The zero-order valence-electron chi connectivity index (χ0n) is 22.7. The Labute approximate surface area is 238 Å². The van der Waals surface area contributed by atoms with Crippen LogP contribution in [0, 0.1) is 0 Å². The summed E-state index contributed by atoms with van der Waals surface area (Å²) in [5.74, 6) is -40.2.